The van der Waals surface area contributed by atoms with Crippen LogP contribution in [0.15, 0.2) is 12.2 Å². The Hall–Kier alpha value is -1.08. The number of aliphatic carboxylic acids is 1. The third kappa shape index (κ3) is 29.1. The molecule has 4 nitrogen and oxygen atoms in total. The molecule has 0 atom stereocenters. The molecule has 7 heteroatoms. The van der Waals surface area contributed by atoms with Crippen LogP contribution < -0.4 is 5.73 Å². The number of carbonyl (C=O) groups is 1. The maximum Gasteiger partial charge on any atom is 0.490 e. The average Bonchev–Trinajstić information content (AvgIpc) is 2.69. The molecule has 0 rings (SSSR count). The Bertz CT molecular complexity index is 388. The lowest BCUT2D eigenvalue weighted by Gasteiger charge is -2.03. The van der Waals surface area contributed by atoms with Gasteiger partial charge in [0.15, 0.2) is 0 Å². The minimum Gasteiger partial charge on any atom is -0.475 e. The number of rotatable bonds is 19. The summed E-state index contributed by atoms with van der Waals surface area (Å²) in [7, 11) is 0. The van der Waals surface area contributed by atoms with Crippen molar-refractivity contribution < 1.29 is 27.8 Å². The number of hydrogen-bond donors (Lipinski definition) is 2. The van der Waals surface area contributed by atoms with Crippen molar-refractivity contribution in [3.05, 3.63) is 12.2 Å². The molecule has 0 aromatic carbocycles. The lowest BCUT2D eigenvalue weighted by atomic mass is 10.1. The van der Waals surface area contributed by atoms with E-state index in [-0.39, 0.29) is 0 Å². The Morgan fingerprint density at radius 3 is 1.63 bits per heavy atom. The highest BCUT2D eigenvalue weighted by molar-refractivity contribution is 5.73. The maximum atomic E-state index is 10.6. The van der Waals surface area contributed by atoms with Gasteiger partial charge in [-0.15, -0.1) is 0 Å². The summed E-state index contributed by atoms with van der Waals surface area (Å²) in [6, 6.07) is 0. The summed E-state index contributed by atoms with van der Waals surface area (Å²) in [6.45, 7) is 4.78. The second kappa shape index (κ2) is 24.2. The number of ether oxygens (including phenoxy) is 1. The van der Waals surface area contributed by atoms with Crippen LogP contribution in [0.5, 0.6) is 0 Å². The highest BCUT2D eigenvalue weighted by Gasteiger charge is 2.38. The van der Waals surface area contributed by atoms with Gasteiger partial charge in [0.05, 0.1) is 0 Å². The summed E-state index contributed by atoms with van der Waals surface area (Å²) in [6.07, 6.45) is 19.7. The smallest absolute Gasteiger partial charge is 0.475 e. The van der Waals surface area contributed by atoms with Crippen LogP contribution in [0.2, 0.25) is 0 Å². The predicted octanol–water partition coefficient (Wildman–Crippen LogP) is 7.02. The molecule has 0 spiro atoms. The second-order valence-electron chi connectivity index (χ2n) is 7.50. The van der Waals surface area contributed by atoms with E-state index in [9.17, 15) is 13.2 Å². The number of carboxylic acids is 1. The molecular formula is C23H44F3NO3. The number of carboxylic acid groups (broad SMARTS) is 1. The molecule has 0 aliphatic rings. The van der Waals surface area contributed by atoms with Gasteiger partial charge >= 0.3 is 12.1 Å². The maximum absolute atomic E-state index is 10.6. The topological polar surface area (TPSA) is 72.5 Å². The van der Waals surface area contributed by atoms with Crippen molar-refractivity contribution in [1.29, 1.82) is 0 Å². The summed E-state index contributed by atoms with van der Waals surface area (Å²) in [5.74, 6) is -2.76. The van der Waals surface area contributed by atoms with Crippen LogP contribution in [0.4, 0.5) is 13.2 Å². The summed E-state index contributed by atoms with van der Waals surface area (Å²) in [4.78, 5) is 8.90. The van der Waals surface area contributed by atoms with E-state index in [0.717, 1.165) is 26.2 Å². The molecule has 0 amide bonds. The van der Waals surface area contributed by atoms with Crippen LogP contribution in [0.3, 0.4) is 0 Å². The number of nitrogens with two attached hydrogens (primary N) is 1. The molecule has 0 aliphatic heterocycles. The Balaban J connectivity index is 0. The zero-order valence-electron chi connectivity index (χ0n) is 18.9. The fraction of sp³-hybridized carbons (Fsp3) is 0.870. The first-order valence-electron chi connectivity index (χ1n) is 11.6. The van der Waals surface area contributed by atoms with E-state index in [0.29, 0.717) is 0 Å². The quantitative estimate of drug-likeness (QED) is 0.167. The van der Waals surface area contributed by atoms with Crippen LogP contribution in [0.25, 0.3) is 0 Å². The van der Waals surface area contributed by atoms with E-state index >= 15 is 0 Å². The first-order valence-corrected chi connectivity index (χ1v) is 11.6. The molecule has 0 saturated carbocycles. The van der Waals surface area contributed by atoms with Crippen LogP contribution in [0, 0.1) is 0 Å². The van der Waals surface area contributed by atoms with Crippen molar-refractivity contribution in [2.45, 2.75) is 109 Å². The van der Waals surface area contributed by atoms with Crippen LogP contribution in [0.1, 0.15) is 103 Å². The van der Waals surface area contributed by atoms with Crippen molar-refractivity contribution in [1.82, 2.24) is 0 Å². The molecule has 180 valence electrons. The van der Waals surface area contributed by atoms with E-state index in [1.54, 1.807) is 0 Å². The first-order chi connectivity index (χ1) is 14.4. The highest BCUT2D eigenvalue weighted by Crippen LogP contribution is 2.13. The van der Waals surface area contributed by atoms with Crippen LogP contribution in [-0.2, 0) is 9.53 Å². The van der Waals surface area contributed by atoms with Gasteiger partial charge in [-0.1, -0.05) is 76.9 Å². The molecule has 0 fully saturated rings. The highest BCUT2D eigenvalue weighted by atomic mass is 19.4. The molecule has 0 radical (unpaired) electrons. The summed E-state index contributed by atoms with van der Waals surface area (Å²) in [5.41, 5.74) is 5.42. The number of unbranched alkanes of at least 4 members (excludes halogenated alkanes) is 12. The predicted molar refractivity (Wildman–Crippen MR) is 118 cm³/mol. The fourth-order valence-corrected chi connectivity index (χ4v) is 2.74. The molecule has 0 aromatic heterocycles. The molecule has 0 aromatic rings. The molecule has 0 heterocycles. The van der Waals surface area contributed by atoms with Crippen molar-refractivity contribution in [3.63, 3.8) is 0 Å². The molecular weight excluding hydrogens is 395 g/mol. The lowest BCUT2D eigenvalue weighted by molar-refractivity contribution is -0.192. The van der Waals surface area contributed by atoms with E-state index in [1.165, 1.54) is 89.9 Å². The van der Waals surface area contributed by atoms with Gasteiger partial charge in [0.1, 0.15) is 0 Å². The summed E-state index contributed by atoms with van der Waals surface area (Å²) in [5, 5.41) is 7.12. The minimum absolute atomic E-state index is 0.743. The lowest BCUT2D eigenvalue weighted by Crippen LogP contribution is -2.21. The van der Waals surface area contributed by atoms with Gasteiger partial charge in [0, 0.05) is 13.2 Å². The van der Waals surface area contributed by atoms with Gasteiger partial charge in [-0.05, 0) is 45.1 Å². The molecule has 30 heavy (non-hydrogen) atoms. The van der Waals surface area contributed by atoms with Crippen molar-refractivity contribution in [2.75, 3.05) is 19.8 Å². The number of halogens is 3. The van der Waals surface area contributed by atoms with Crippen molar-refractivity contribution >= 4 is 5.97 Å². The van der Waals surface area contributed by atoms with Crippen molar-refractivity contribution in [2.24, 2.45) is 5.73 Å². The Labute approximate surface area is 181 Å². The first kappa shape index (κ1) is 31.1. The number of allylic oxidation sites excluding steroid dienone is 2. The van der Waals surface area contributed by atoms with Gasteiger partial charge < -0.3 is 15.6 Å². The zero-order chi connectivity index (χ0) is 22.9. The third-order valence-electron chi connectivity index (χ3n) is 4.54. The molecule has 0 unspecified atom stereocenters. The molecule has 0 bridgehead atoms. The molecule has 3 N–H and O–H groups in total. The van der Waals surface area contributed by atoms with E-state index < -0.39 is 12.1 Å². The van der Waals surface area contributed by atoms with Gasteiger partial charge in [0.2, 0.25) is 0 Å². The van der Waals surface area contributed by atoms with Gasteiger partial charge in [0.25, 0.3) is 0 Å². The summed E-state index contributed by atoms with van der Waals surface area (Å²) >= 11 is 0. The Kier molecular flexibility index (Phi) is 25.1. The standard InChI is InChI=1S/C21H43NO.C2HF3O2/c1-2-3-4-5-6-7-8-9-10-11-12-13-14-15-16-17-20-23-21-18-19-22;3-2(4,5)1(6)7/h9-10H,2-8,11-22H2,1H3;(H,6,7). The third-order valence-corrected chi connectivity index (χ3v) is 4.54. The Morgan fingerprint density at radius 1 is 0.800 bits per heavy atom. The monoisotopic (exact) mass is 439 g/mol. The SMILES string of the molecule is CCCCCCCCC=CCCCCCCCCOCCCN.O=C(O)C(F)(F)F. The van der Waals surface area contributed by atoms with E-state index in [1.807, 2.05) is 0 Å². The fourth-order valence-electron chi connectivity index (χ4n) is 2.74. The van der Waals surface area contributed by atoms with E-state index in [2.05, 4.69) is 19.1 Å². The minimum atomic E-state index is -5.08. The van der Waals surface area contributed by atoms with Crippen LogP contribution >= 0.6 is 0 Å². The zero-order valence-corrected chi connectivity index (χ0v) is 18.9. The number of alkyl halides is 3. The van der Waals surface area contributed by atoms with Gasteiger partial charge in [-0.3, -0.25) is 0 Å². The normalized spacial score (nSPS) is 11.5. The van der Waals surface area contributed by atoms with Crippen LogP contribution in [-0.4, -0.2) is 37.0 Å². The van der Waals surface area contributed by atoms with E-state index in [4.69, 9.17) is 20.4 Å². The molecule has 0 saturated heterocycles. The van der Waals surface area contributed by atoms with Gasteiger partial charge in [-0.2, -0.15) is 13.2 Å². The Morgan fingerprint density at radius 2 is 1.20 bits per heavy atom. The van der Waals surface area contributed by atoms with Crippen molar-refractivity contribution in [3.8, 4) is 0 Å². The second-order valence-corrected chi connectivity index (χ2v) is 7.50. The molecule has 0 aliphatic carbocycles. The summed E-state index contributed by atoms with van der Waals surface area (Å²) < 4.78 is 37.2. The average molecular weight is 440 g/mol. The van der Waals surface area contributed by atoms with Gasteiger partial charge in [-0.25, -0.2) is 4.79 Å². The number of hydrogen-bond acceptors (Lipinski definition) is 3. The largest absolute Gasteiger partial charge is 0.490 e.